The lowest BCUT2D eigenvalue weighted by molar-refractivity contribution is 0.121. The number of thiophene rings is 1. The molecule has 0 aliphatic carbocycles. The van der Waals surface area contributed by atoms with Gasteiger partial charge < -0.3 is 10.1 Å². The van der Waals surface area contributed by atoms with Crippen molar-refractivity contribution in [2.75, 3.05) is 13.7 Å². The quantitative estimate of drug-likeness (QED) is 0.743. The minimum absolute atomic E-state index is 0.739. The third-order valence-corrected chi connectivity index (χ3v) is 3.97. The number of benzene rings is 1. The summed E-state index contributed by atoms with van der Waals surface area (Å²) in [6.07, 6.45) is 2.18. The molecule has 0 bridgehead atoms. The molecule has 2 nitrogen and oxygen atoms in total. The number of hydrogen-bond donors (Lipinski definition) is 1. The average molecular weight is 275 g/mol. The van der Waals surface area contributed by atoms with Crippen LogP contribution in [-0.2, 0) is 24.3 Å². The smallest absolute Gasteiger partial charge is 0.0809 e. The molecule has 2 aromatic rings. The SMILES string of the molecule is CNCc1ccc(COCCCc2ccccc2)s1. The van der Waals surface area contributed by atoms with Gasteiger partial charge in [-0.1, -0.05) is 30.3 Å². The molecule has 0 spiro atoms. The Morgan fingerprint density at radius 3 is 2.63 bits per heavy atom. The van der Waals surface area contributed by atoms with Gasteiger partial charge in [-0.2, -0.15) is 0 Å². The fourth-order valence-electron chi connectivity index (χ4n) is 1.96. The molecular weight excluding hydrogens is 254 g/mol. The van der Waals surface area contributed by atoms with Crippen LogP contribution in [0.2, 0.25) is 0 Å². The molecule has 0 saturated carbocycles. The first-order valence-corrected chi connectivity index (χ1v) is 7.54. The second-order valence-electron chi connectivity index (χ2n) is 4.54. The van der Waals surface area contributed by atoms with Crippen molar-refractivity contribution in [3.05, 3.63) is 57.8 Å². The molecule has 0 aliphatic heterocycles. The lowest BCUT2D eigenvalue weighted by atomic mass is 10.1. The van der Waals surface area contributed by atoms with E-state index < -0.39 is 0 Å². The largest absolute Gasteiger partial charge is 0.376 e. The van der Waals surface area contributed by atoms with Crippen LogP contribution < -0.4 is 5.32 Å². The zero-order valence-corrected chi connectivity index (χ0v) is 12.2. The summed E-state index contributed by atoms with van der Waals surface area (Å²) in [5.74, 6) is 0. The molecule has 102 valence electrons. The van der Waals surface area contributed by atoms with Crippen molar-refractivity contribution in [1.29, 1.82) is 0 Å². The van der Waals surface area contributed by atoms with E-state index in [4.69, 9.17) is 4.74 Å². The number of ether oxygens (including phenoxy) is 1. The van der Waals surface area contributed by atoms with E-state index in [1.54, 1.807) is 0 Å². The van der Waals surface area contributed by atoms with Gasteiger partial charge in [-0.3, -0.25) is 0 Å². The predicted molar refractivity (Wildman–Crippen MR) is 81.5 cm³/mol. The molecule has 1 heterocycles. The Bertz CT molecular complexity index is 467. The molecule has 0 amide bonds. The number of hydrogen-bond acceptors (Lipinski definition) is 3. The van der Waals surface area contributed by atoms with Gasteiger partial charge in [0.15, 0.2) is 0 Å². The van der Waals surface area contributed by atoms with Gasteiger partial charge in [-0.25, -0.2) is 0 Å². The summed E-state index contributed by atoms with van der Waals surface area (Å²) in [5, 5.41) is 3.16. The minimum atomic E-state index is 0.739. The zero-order chi connectivity index (χ0) is 13.3. The molecule has 0 unspecified atom stereocenters. The molecule has 19 heavy (non-hydrogen) atoms. The van der Waals surface area contributed by atoms with Crippen molar-refractivity contribution in [3.8, 4) is 0 Å². The maximum atomic E-state index is 5.72. The fourth-order valence-corrected chi connectivity index (χ4v) is 2.93. The fraction of sp³-hybridized carbons (Fsp3) is 0.375. The highest BCUT2D eigenvalue weighted by atomic mass is 32.1. The molecule has 0 aliphatic rings. The summed E-state index contributed by atoms with van der Waals surface area (Å²) in [7, 11) is 1.97. The molecule has 0 saturated heterocycles. The Hall–Kier alpha value is -1.16. The highest BCUT2D eigenvalue weighted by molar-refractivity contribution is 7.11. The number of nitrogens with one attached hydrogen (secondary N) is 1. The highest BCUT2D eigenvalue weighted by Gasteiger charge is 1.99. The van der Waals surface area contributed by atoms with Crippen LogP contribution in [0.1, 0.15) is 21.7 Å². The third kappa shape index (κ3) is 5.15. The molecule has 2 rings (SSSR count). The van der Waals surface area contributed by atoms with Gasteiger partial charge in [0.05, 0.1) is 6.61 Å². The lowest BCUT2D eigenvalue weighted by Gasteiger charge is -2.03. The van der Waals surface area contributed by atoms with Crippen LogP contribution in [-0.4, -0.2) is 13.7 Å². The van der Waals surface area contributed by atoms with Gasteiger partial charge in [0.1, 0.15) is 0 Å². The van der Waals surface area contributed by atoms with E-state index in [1.165, 1.54) is 15.3 Å². The van der Waals surface area contributed by atoms with E-state index in [0.717, 1.165) is 32.6 Å². The van der Waals surface area contributed by atoms with Gasteiger partial charge >= 0.3 is 0 Å². The first-order chi connectivity index (χ1) is 9.38. The molecule has 1 aromatic carbocycles. The van der Waals surface area contributed by atoms with E-state index in [1.807, 2.05) is 18.4 Å². The topological polar surface area (TPSA) is 21.3 Å². The van der Waals surface area contributed by atoms with Gasteiger partial charge in [0.25, 0.3) is 0 Å². The molecule has 1 N–H and O–H groups in total. The molecule has 0 atom stereocenters. The van der Waals surface area contributed by atoms with Crippen molar-refractivity contribution < 1.29 is 4.74 Å². The Morgan fingerprint density at radius 2 is 1.84 bits per heavy atom. The van der Waals surface area contributed by atoms with E-state index in [0.29, 0.717) is 0 Å². The van der Waals surface area contributed by atoms with Crippen molar-refractivity contribution in [3.63, 3.8) is 0 Å². The molecular formula is C16H21NOS. The zero-order valence-electron chi connectivity index (χ0n) is 11.4. The van der Waals surface area contributed by atoms with Gasteiger partial charge in [0, 0.05) is 22.9 Å². The molecule has 0 radical (unpaired) electrons. The summed E-state index contributed by atoms with van der Waals surface area (Å²) >= 11 is 1.82. The van der Waals surface area contributed by atoms with Crippen molar-refractivity contribution in [2.24, 2.45) is 0 Å². The minimum Gasteiger partial charge on any atom is -0.376 e. The van der Waals surface area contributed by atoms with Crippen LogP contribution in [0.3, 0.4) is 0 Å². The van der Waals surface area contributed by atoms with Crippen LogP contribution in [0, 0.1) is 0 Å². The van der Waals surface area contributed by atoms with Crippen LogP contribution in [0.4, 0.5) is 0 Å². The Labute approximate surface area is 119 Å². The predicted octanol–water partition coefficient (Wildman–Crippen LogP) is 3.62. The van der Waals surface area contributed by atoms with Crippen LogP contribution >= 0.6 is 11.3 Å². The van der Waals surface area contributed by atoms with E-state index in [9.17, 15) is 0 Å². The molecule has 1 aromatic heterocycles. The maximum absolute atomic E-state index is 5.72. The van der Waals surface area contributed by atoms with Crippen molar-refractivity contribution >= 4 is 11.3 Å². The summed E-state index contributed by atoms with van der Waals surface area (Å²) in [6, 6.07) is 14.9. The van der Waals surface area contributed by atoms with Crippen molar-refractivity contribution in [1.82, 2.24) is 5.32 Å². The highest BCUT2D eigenvalue weighted by Crippen LogP contribution is 2.17. The van der Waals surface area contributed by atoms with Crippen molar-refractivity contribution in [2.45, 2.75) is 26.0 Å². The van der Waals surface area contributed by atoms with Gasteiger partial charge in [-0.05, 0) is 37.6 Å². The van der Waals surface area contributed by atoms with E-state index >= 15 is 0 Å². The monoisotopic (exact) mass is 275 g/mol. The van der Waals surface area contributed by atoms with Crippen LogP contribution in [0.25, 0.3) is 0 Å². The maximum Gasteiger partial charge on any atom is 0.0809 e. The summed E-state index contributed by atoms with van der Waals surface area (Å²) in [5.41, 5.74) is 1.39. The first-order valence-electron chi connectivity index (χ1n) is 6.72. The summed E-state index contributed by atoms with van der Waals surface area (Å²) < 4.78 is 5.72. The van der Waals surface area contributed by atoms with Crippen LogP contribution in [0.15, 0.2) is 42.5 Å². The Morgan fingerprint density at radius 1 is 1.05 bits per heavy atom. The molecule has 0 fully saturated rings. The second-order valence-corrected chi connectivity index (χ2v) is 5.79. The molecule has 3 heteroatoms. The second kappa shape index (κ2) is 8.10. The standard InChI is InChI=1S/C16H21NOS/c1-17-12-15-9-10-16(19-15)13-18-11-5-8-14-6-3-2-4-7-14/h2-4,6-7,9-10,17H,5,8,11-13H2,1H3. The van der Waals surface area contributed by atoms with Gasteiger partial charge in [0.2, 0.25) is 0 Å². The number of aryl methyl sites for hydroxylation is 1. The lowest BCUT2D eigenvalue weighted by Crippen LogP contribution is -2.02. The third-order valence-electron chi connectivity index (χ3n) is 2.91. The van der Waals surface area contributed by atoms with Crippen LogP contribution in [0.5, 0.6) is 0 Å². The number of rotatable bonds is 8. The summed E-state index contributed by atoms with van der Waals surface area (Å²) in [6.45, 7) is 2.51. The summed E-state index contributed by atoms with van der Waals surface area (Å²) in [4.78, 5) is 2.68. The van der Waals surface area contributed by atoms with E-state index in [-0.39, 0.29) is 0 Å². The Kier molecular flexibility index (Phi) is 6.08. The van der Waals surface area contributed by atoms with E-state index in [2.05, 4.69) is 47.8 Å². The Balaban J connectivity index is 1.61. The van der Waals surface area contributed by atoms with Gasteiger partial charge in [-0.15, -0.1) is 11.3 Å². The first kappa shape index (κ1) is 14.3. The normalized spacial score (nSPS) is 10.8. The average Bonchev–Trinajstić information content (AvgIpc) is 2.88.